The Morgan fingerprint density at radius 1 is 1.27 bits per heavy atom. The zero-order valence-corrected chi connectivity index (χ0v) is 10.2. The van der Waals surface area contributed by atoms with Crippen LogP contribution in [0.1, 0.15) is 44.9 Å². The van der Waals surface area contributed by atoms with Gasteiger partial charge in [-0.2, -0.15) is 0 Å². The van der Waals surface area contributed by atoms with E-state index in [1.54, 1.807) is 0 Å². The lowest BCUT2D eigenvalue weighted by Crippen LogP contribution is -2.17. The van der Waals surface area contributed by atoms with E-state index in [0.29, 0.717) is 5.84 Å². The smallest absolute Gasteiger partial charge is 0.0905 e. The van der Waals surface area contributed by atoms with E-state index in [-0.39, 0.29) is 12.4 Å². The molecule has 1 aliphatic rings. The van der Waals surface area contributed by atoms with Gasteiger partial charge in [-0.25, -0.2) is 0 Å². The Labute approximate surface area is 99.2 Å². The molecule has 15 heavy (non-hydrogen) atoms. The van der Waals surface area contributed by atoms with Crippen LogP contribution in [0.4, 0.5) is 0 Å². The van der Waals surface area contributed by atoms with E-state index >= 15 is 0 Å². The van der Waals surface area contributed by atoms with Crippen molar-refractivity contribution in [1.82, 2.24) is 0 Å². The number of allylic oxidation sites excluding steroid dienone is 1. The monoisotopic (exact) mass is 230 g/mol. The molecular weight excluding hydrogens is 208 g/mol. The minimum absolute atomic E-state index is 0. The topological polar surface area (TPSA) is 49.9 Å². The van der Waals surface area contributed by atoms with Gasteiger partial charge in [0, 0.05) is 6.42 Å². The molecule has 0 heterocycles. The van der Waals surface area contributed by atoms with E-state index in [2.05, 4.69) is 6.58 Å². The fraction of sp³-hybridized carbons (Fsp3) is 0.750. The molecule has 0 atom stereocenters. The van der Waals surface area contributed by atoms with E-state index in [0.717, 1.165) is 24.7 Å². The zero-order valence-electron chi connectivity index (χ0n) is 9.37. The van der Waals surface area contributed by atoms with Crippen LogP contribution in [0.25, 0.3) is 0 Å². The van der Waals surface area contributed by atoms with Crippen molar-refractivity contribution in [1.29, 1.82) is 5.41 Å². The predicted molar refractivity (Wildman–Crippen MR) is 68.7 cm³/mol. The maximum atomic E-state index is 7.18. The summed E-state index contributed by atoms with van der Waals surface area (Å²) in [7, 11) is 0. The van der Waals surface area contributed by atoms with Gasteiger partial charge in [0.05, 0.1) is 5.84 Å². The third-order valence-electron chi connectivity index (χ3n) is 3.29. The third-order valence-corrected chi connectivity index (χ3v) is 3.29. The summed E-state index contributed by atoms with van der Waals surface area (Å²) in [6, 6.07) is 0. The largest absolute Gasteiger partial charge is 0.388 e. The second kappa shape index (κ2) is 7.75. The zero-order chi connectivity index (χ0) is 10.4. The van der Waals surface area contributed by atoms with E-state index in [1.807, 2.05) is 6.08 Å². The average Bonchev–Trinajstić information content (AvgIpc) is 2.17. The molecule has 0 amide bonds. The highest BCUT2D eigenvalue weighted by molar-refractivity contribution is 5.85. The maximum Gasteiger partial charge on any atom is 0.0905 e. The highest BCUT2D eigenvalue weighted by atomic mass is 35.5. The Morgan fingerprint density at radius 3 is 2.27 bits per heavy atom. The first-order valence-electron chi connectivity index (χ1n) is 5.66. The fourth-order valence-electron chi connectivity index (χ4n) is 2.35. The highest BCUT2D eigenvalue weighted by Crippen LogP contribution is 2.33. The highest BCUT2D eigenvalue weighted by Gasteiger charge is 2.19. The van der Waals surface area contributed by atoms with Gasteiger partial charge in [-0.3, -0.25) is 5.41 Å². The van der Waals surface area contributed by atoms with E-state index in [1.165, 1.54) is 32.1 Å². The minimum atomic E-state index is 0. The molecule has 0 saturated heterocycles. The molecule has 1 fully saturated rings. The van der Waals surface area contributed by atoms with Crippen LogP contribution in [0.2, 0.25) is 0 Å². The molecule has 0 aromatic heterocycles. The maximum absolute atomic E-state index is 7.18. The van der Waals surface area contributed by atoms with Gasteiger partial charge in [0.15, 0.2) is 0 Å². The molecule has 1 rings (SSSR count). The van der Waals surface area contributed by atoms with E-state index in [9.17, 15) is 0 Å². The van der Waals surface area contributed by atoms with Crippen LogP contribution in [-0.4, -0.2) is 5.84 Å². The van der Waals surface area contributed by atoms with E-state index < -0.39 is 0 Å². The Kier molecular flexibility index (Phi) is 7.49. The molecule has 3 heteroatoms. The molecular formula is C12H23ClN2. The lowest BCUT2D eigenvalue weighted by Gasteiger charge is -2.27. The number of nitrogens with one attached hydrogen (secondary N) is 1. The molecule has 0 unspecified atom stereocenters. The predicted octanol–water partition coefficient (Wildman–Crippen LogP) is 3.51. The molecule has 3 N–H and O–H groups in total. The van der Waals surface area contributed by atoms with Gasteiger partial charge < -0.3 is 5.73 Å². The quantitative estimate of drug-likeness (QED) is 0.424. The van der Waals surface area contributed by atoms with Crippen LogP contribution in [0.5, 0.6) is 0 Å². The standard InChI is InChI=1S/C12H22N2.ClH/c1-2-3-10-4-6-11(7-5-10)8-9-12(13)14;/h2,10-11H,1,3-9H2,(H3,13,14);1H/t10-,11-;. The Bertz CT molecular complexity index is 196. The van der Waals surface area contributed by atoms with Crippen LogP contribution in [0.3, 0.4) is 0 Å². The van der Waals surface area contributed by atoms with Gasteiger partial charge in [-0.15, -0.1) is 19.0 Å². The SMILES string of the molecule is C=CC[C@H]1CC[C@H](CCC(=N)N)CC1.Cl. The van der Waals surface area contributed by atoms with Crippen LogP contribution in [0, 0.1) is 17.2 Å². The molecule has 1 aliphatic carbocycles. The normalized spacial score (nSPS) is 25.3. The first kappa shape index (κ1) is 14.5. The summed E-state index contributed by atoms with van der Waals surface area (Å²) in [6.45, 7) is 3.79. The summed E-state index contributed by atoms with van der Waals surface area (Å²) in [6.07, 6.45) is 10.5. The van der Waals surface area contributed by atoms with Gasteiger partial charge >= 0.3 is 0 Å². The van der Waals surface area contributed by atoms with Crippen molar-refractivity contribution in [2.75, 3.05) is 0 Å². The van der Waals surface area contributed by atoms with Crippen LogP contribution in [-0.2, 0) is 0 Å². The molecule has 88 valence electrons. The van der Waals surface area contributed by atoms with Crippen molar-refractivity contribution in [3.05, 3.63) is 12.7 Å². The van der Waals surface area contributed by atoms with Gasteiger partial charge in [-0.1, -0.05) is 18.9 Å². The number of hydrogen-bond acceptors (Lipinski definition) is 1. The van der Waals surface area contributed by atoms with Crippen LogP contribution >= 0.6 is 12.4 Å². The van der Waals surface area contributed by atoms with Gasteiger partial charge in [0.2, 0.25) is 0 Å². The molecule has 1 saturated carbocycles. The Hall–Kier alpha value is -0.500. The fourth-order valence-corrected chi connectivity index (χ4v) is 2.35. The van der Waals surface area contributed by atoms with Crippen molar-refractivity contribution in [3.8, 4) is 0 Å². The number of rotatable bonds is 5. The van der Waals surface area contributed by atoms with Crippen molar-refractivity contribution in [3.63, 3.8) is 0 Å². The molecule has 0 radical (unpaired) electrons. The van der Waals surface area contributed by atoms with E-state index in [4.69, 9.17) is 11.1 Å². The molecule has 0 bridgehead atoms. The molecule has 0 aromatic rings. The first-order chi connectivity index (χ1) is 6.72. The lowest BCUT2D eigenvalue weighted by atomic mass is 9.79. The number of nitrogens with two attached hydrogens (primary N) is 1. The van der Waals surface area contributed by atoms with Crippen molar-refractivity contribution < 1.29 is 0 Å². The van der Waals surface area contributed by atoms with Gasteiger partial charge in [-0.05, 0) is 37.5 Å². The summed E-state index contributed by atoms with van der Waals surface area (Å²) in [5.41, 5.74) is 5.35. The summed E-state index contributed by atoms with van der Waals surface area (Å²) < 4.78 is 0. The average molecular weight is 231 g/mol. The van der Waals surface area contributed by atoms with Crippen molar-refractivity contribution >= 4 is 18.2 Å². The number of halogens is 1. The molecule has 2 nitrogen and oxygen atoms in total. The minimum Gasteiger partial charge on any atom is -0.388 e. The molecule has 0 aromatic carbocycles. The van der Waals surface area contributed by atoms with Crippen LogP contribution in [0.15, 0.2) is 12.7 Å². The summed E-state index contributed by atoms with van der Waals surface area (Å²) in [5.74, 6) is 2.04. The number of hydrogen-bond donors (Lipinski definition) is 2. The molecule has 0 aliphatic heterocycles. The lowest BCUT2D eigenvalue weighted by molar-refractivity contribution is 0.267. The van der Waals surface area contributed by atoms with Crippen molar-refractivity contribution in [2.24, 2.45) is 17.6 Å². The van der Waals surface area contributed by atoms with Gasteiger partial charge in [0.25, 0.3) is 0 Å². The Balaban J connectivity index is 0.00000196. The summed E-state index contributed by atoms with van der Waals surface area (Å²) >= 11 is 0. The summed E-state index contributed by atoms with van der Waals surface area (Å²) in [4.78, 5) is 0. The summed E-state index contributed by atoms with van der Waals surface area (Å²) in [5, 5.41) is 7.18. The first-order valence-corrected chi connectivity index (χ1v) is 5.66. The second-order valence-corrected chi connectivity index (χ2v) is 4.48. The third kappa shape index (κ3) is 5.83. The Morgan fingerprint density at radius 2 is 1.80 bits per heavy atom. The molecule has 0 spiro atoms. The van der Waals surface area contributed by atoms with Crippen LogP contribution < -0.4 is 5.73 Å². The van der Waals surface area contributed by atoms with Crippen molar-refractivity contribution in [2.45, 2.75) is 44.9 Å². The number of amidine groups is 1. The second-order valence-electron chi connectivity index (χ2n) is 4.48. The van der Waals surface area contributed by atoms with Gasteiger partial charge in [0.1, 0.15) is 0 Å².